The number of rotatable bonds is 12. The number of carbonyl (C=O) groups excluding carboxylic acids is 1. The molecule has 1 fully saturated rings. The molecule has 0 amide bonds. The third kappa shape index (κ3) is 7.67. The molecule has 0 aliphatic heterocycles. The molecule has 214 valence electrons. The number of carbonyl (C=O) groups is 1. The summed E-state index contributed by atoms with van der Waals surface area (Å²) in [7, 11) is 0. The molecule has 4 rings (SSSR count). The lowest BCUT2D eigenvalue weighted by atomic mass is 9.79. The van der Waals surface area contributed by atoms with Crippen LogP contribution in [-0.4, -0.2) is 12.6 Å². The first-order valence-corrected chi connectivity index (χ1v) is 14.6. The number of benzene rings is 3. The van der Waals surface area contributed by atoms with E-state index < -0.39 is 29.0 Å². The van der Waals surface area contributed by atoms with E-state index in [1.165, 1.54) is 56.0 Å². The second-order valence-corrected chi connectivity index (χ2v) is 11.0. The Kier molecular flexibility index (Phi) is 10.7. The molecule has 40 heavy (non-hydrogen) atoms. The van der Waals surface area contributed by atoms with Gasteiger partial charge in [0.25, 0.3) is 0 Å². The highest BCUT2D eigenvalue weighted by Gasteiger charge is 2.27. The van der Waals surface area contributed by atoms with Crippen molar-refractivity contribution < 1.29 is 27.4 Å². The van der Waals surface area contributed by atoms with Crippen molar-refractivity contribution in [3.8, 4) is 22.6 Å². The average molecular weight is 553 g/mol. The van der Waals surface area contributed by atoms with Crippen LogP contribution in [0.1, 0.15) is 99.9 Å². The maximum absolute atomic E-state index is 14.9. The lowest BCUT2D eigenvalue weighted by molar-refractivity contribution is 0.0728. The summed E-state index contributed by atoms with van der Waals surface area (Å²) in [6.45, 7) is 4.91. The first-order chi connectivity index (χ1) is 19.4. The van der Waals surface area contributed by atoms with Gasteiger partial charge in [-0.15, -0.1) is 0 Å². The molecule has 0 aromatic heterocycles. The van der Waals surface area contributed by atoms with Crippen molar-refractivity contribution in [2.45, 2.75) is 84.0 Å². The minimum Gasteiger partial charge on any atom is -0.493 e. The summed E-state index contributed by atoms with van der Waals surface area (Å²) < 4.78 is 55.5. The van der Waals surface area contributed by atoms with Gasteiger partial charge in [0, 0.05) is 11.6 Å². The quantitative estimate of drug-likeness (QED) is 0.127. The predicted molar refractivity (Wildman–Crippen MR) is 152 cm³/mol. The molecule has 0 unspecified atom stereocenters. The second kappa shape index (κ2) is 14.4. The molecular weight excluding hydrogens is 513 g/mol. The Hall–Kier alpha value is -3.28. The van der Waals surface area contributed by atoms with E-state index in [4.69, 9.17) is 9.47 Å². The van der Waals surface area contributed by atoms with Crippen LogP contribution in [0.2, 0.25) is 0 Å². The normalized spacial score (nSPS) is 17.0. The van der Waals surface area contributed by atoms with Crippen LogP contribution in [0.25, 0.3) is 11.1 Å². The summed E-state index contributed by atoms with van der Waals surface area (Å²) in [4.78, 5) is 12.6. The van der Waals surface area contributed by atoms with Crippen LogP contribution in [0, 0.1) is 23.4 Å². The van der Waals surface area contributed by atoms with Crippen LogP contribution >= 0.6 is 0 Å². The van der Waals surface area contributed by atoms with Crippen molar-refractivity contribution in [2.75, 3.05) is 6.61 Å². The maximum Gasteiger partial charge on any atom is 0.346 e. The van der Waals surface area contributed by atoms with Gasteiger partial charge < -0.3 is 9.47 Å². The van der Waals surface area contributed by atoms with E-state index in [1.54, 1.807) is 24.3 Å². The predicted octanol–water partition coefficient (Wildman–Crippen LogP) is 10.0. The van der Waals surface area contributed by atoms with Crippen molar-refractivity contribution in [3.05, 3.63) is 83.2 Å². The molecule has 1 aliphatic carbocycles. The SMILES string of the molecule is CCCCCCCCOc1ccc(-c2ccc(OC(=O)c3ccc(C4CCC(C)CC4)c(F)c3F)cc2)c(F)c1. The van der Waals surface area contributed by atoms with Crippen LogP contribution in [0.4, 0.5) is 13.2 Å². The van der Waals surface area contributed by atoms with Gasteiger partial charge in [-0.2, -0.15) is 0 Å². The molecule has 3 aromatic rings. The molecule has 1 aliphatic rings. The Labute approximate surface area is 235 Å². The van der Waals surface area contributed by atoms with E-state index in [2.05, 4.69) is 13.8 Å². The molecule has 0 spiro atoms. The average Bonchev–Trinajstić information content (AvgIpc) is 2.95. The summed E-state index contributed by atoms with van der Waals surface area (Å²) >= 11 is 0. The second-order valence-electron chi connectivity index (χ2n) is 11.0. The van der Waals surface area contributed by atoms with Gasteiger partial charge in [-0.1, -0.05) is 77.0 Å². The molecule has 0 saturated heterocycles. The number of esters is 1. The minimum atomic E-state index is -1.18. The fourth-order valence-corrected chi connectivity index (χ4v) is 5.37. The Bertz CT molecular complexity index is 1260. The number of hydrogen-bond acceptors (Lipinski definition) is 3. The number of halogens is 3. The van der Waals surface area contributed by atoms with Crippen LogP contribution in [0.15, 0.2) is 54.6 Å². The zero-order valence-electron chi connectivity index (χ0n) is 23.5. The molecule has 1 saturated carbocycles. The third-order valence-corrected chi connectivity index (χ3v) is 7.87. The zero-order chi connectivity index (χ0) is 28.5. The van der Waals surface area contributed by atoms with Gasteiger partial charge in [-0.3, -0.25) is 0 Å². The zero-order valence-corrected chi connectivity index (χ0v) is 23.5. The highest BCUT2D eigenvalue weighted by Crippen LogP contribution is 2.37. The molecule has 0 bridgehead atoms. The highest BCUT2D eigenvalue weighted by atomic mass is 19.2. The lowest BCUT2D eigenvalue weighted by Crippen LogP contribution is -2.16. The number of unbranched alkanes of at least 4 members (excludes halogenated alkanes) is 5. The Morgan fingerprint density at radius 2 is 1.48 bits per heavy atom. The molecule has 0 atom stereocenters. The minimum absolute atomic E-state index is 0.0374. The standard InChI is InChI=1S/C34H39F3O3/c1-3-4-5-6-7-8-21-39-27-17-18-28(31(35)22-27)24-13-15-26(16-14-24)40-34(38)30-20-19-29(32(36)33(30)37)25-11-9-23(2)10-12-25/h13-20,22-23,25H,3-12,21H2,1-2H3. The van der Waals surface area contributed by atoms with Crippen LogP contribution < -0.4 is 9.47 Å². The molecule has 0 radical (unpaired) electrons. The van der Waals surface area contributed by atoms with Gasteiger partial charge in [0.1, 0.15) is 17.3 Å². The van der Waals surface area contributed by atoms with Gasteiger partial charge >= 0.3 is 5.97 Å². The molecule has 0 heterocycles. The van der Waals surface area contributed by atoms with Gasteiger partial charge in [0.05, 0.1) is 12.2 Å². The van der Waals surface area contributed by atoms with E-state index in [0.717, 1.165) is 38.5 Å². The third-order valence-electron chi connectivity index (χ3n) is 7.87. The van der Waals surface area contributed by atoms with E-state index in [1.807, 2.05) is 0 Å². The molecule has 3 aromatic carbocycles. The van der Waals surface area contributed by atoms with Crippen molar-refractivity contribution in [1.82, 2.24) is 0 Å². The maximum atomic E-state index is 14.9. The monoisotopic (exact) mass is 552 g/mol. The Morgan fingerprint density at radius 1 is 0.800 bits per heavy atom. The van der Waals surface area contributed by atoms with Crippen molar-refractivity contribution in [3.63, 3.8) is 0 Å². The van der Waals surface area contributed by atoms with Crippen molar-refractivity contribution in [1.29, 1.82) is 0 Å². The first kappa shape index (κ1) is 29.7. The van der Waals surface area contributed by atoms with Crippen molar-refractivity contribution >= 4 is 5.97 Å². The largest absolute Gasteiger partial charge is 0.493 e. The molecular formula is C34H39F3O3. The van der Waals surface area contributed by atoms with Gasteiger partial charge in [-0.25, -0.2) is 18.0 Å². The smallest absolute Gasteiger partial charge is 0.346 e. The summed E-state index contributed by atoms with van der Waals surface area (Å²) in [6, 6.07) is 13.8. The highest BCUT2D eigenvalue weighted by molar-refractivity contribution is 5.91. The summed E-state index contributed by atoms with van der Waals surface area (Å²) in [5.41, 5.74) is 0.844. The molecule has 3 nitrogen and oxygen atoms in total. The topological polar surface area (TPSA) is 35.5 Å². The number of hydrogen-bond donors (Lipinski definition) is 0. The van der Waals surface area contributed by atoms with E-state index in [9.17, 15) is 18.0 Å². The van der Waals surface area contributed by atoms with Gasteiger partial charge in [0.15, 0.2) is 11.6 Å². The van der Waals surface area contributed by atoms with Gasteiger partial charge in [-0.05, 0) is 72.6 Å². The van der Waals surface area contributed by atoms with E-state index >= 15 is 0 Å². The first-order valence-electron chi connectivity index (χ1n) is 14.6. The molecule has 0 N–H and O–H groups in total. The van der Waals surface area contributed by atoms with Gasteiger partial charge in [0.2, 0.25) is 0 Å². The lowest BCUT2D eigenvalue weighted by Gasteiger charge is -2.27. The summed E-state index contributed by atoms with van der Waals surface area (Å²) in [5, 5.41) is 0. The fourth-order valence-electron chi connectivity index (χ4n) is 5.37. The van der Waals surface area contributed by atoms with Crippen LogP contribution in [-0.2, 0) is 0 Å². The Morgan fingerprint density at radius 3 is 2.17 bits per heavy atom. The molecule has 6 heteroatoms. The van der Waals surface area contributed by atoms with Crippen LogP contribution in [0.5, 0.6) is 11.5 Å². The fraction of sp³-hybridized carbons (Fsp3) is 0.441. The van der Waals surface area contributed by atoms with Crippen molar-refractivity contribution in [2.24, 2.45) is 5.92 Å². The van der Waals surface area contributed by atoms with E-state index in [0.29, 0.717) is 35.0 Å². The number of ether oxygens (including phenoxy) is 2. The van der Waals surface area contributed by atoms with E-state index in [-0.39, 0.29) is 11.7 Å². The summed E-state index contributed by atoms with van der Waals surface area (Å²) in [6.07, 6.45) is 10.5. The Balaban J connectivity index is 1.34. The van der Waals surface area contributed by atoms with Crippen LogP contribution in [0.3, 0.4) is 0 Å². The summed E-state index contributed by atoms with van der Waals surface area (Å²) in [5.74, 6) is -2.37.